The van der Waals surface area contributed by atoms with Crippen LogP contribution >= 0.6 is 0 Å². The highest BCUT2D eigenvalue weighted by molar-refractivity contribution is 5.09. The number of allylic oxidation sites excluding steroid dienone is 5. The first-order valence-corrected chi connectivity index (χ1v) is 6.16. The maximum absolute atomic E-state index is 3.98. The van der Waals surface area contributed by atoms with Crippen LogP contribution in [0.25, 0.3) is 0 Å². The Kier molecular flexibility index (Phi) is 4.87. The standard InChI is InChI=1S/C15H24/c1-5-9-13-11-12(7-3)14(8-4)15(13)10-6-2/h5-7,9-10,12-15H,3,8,11H2,1-2,4H3/b9-5+,10-6+. The van der Waals surface area contributed by atoms with E-state index < -0.39 is 0 Å². The van der Waals surface area contributed by atoms with Gasteiger partial charge in [-0.05, 0) is 43.9 Å². The first-order valence-electron chi connectivity index (χ1n) is 6.16. The lowest BCUT2D eigenvalue weighted by atomic mass is 9.84. The Morgan fingerprint density at radius 3 is 2.27 bits per heavy atom. The molecule has 15 heavy (non-hydrogen) atoms. The number of hydrogen-bond acceptors (Lipinski definition) is 0. The van der Waals surface area contributed by atoms with E-state index in [4.69, 9.17) is 0 Å². The summed E-state index contributed by atoms with van der Waals surface area (Å²) in [6.45, 7) is 10.5. The summed E-state index contributed by atoms with van der Waals surface area (Å²) in [7, 11) is 0. The van der Waals surface area contributed by atoms with E-state index in [-0.39, 0.29) is 0 Å². The predicted molar refractivity (Wildman–Crippen MR) is 68.7 cm³/mol. The Morgan fingerprint density at radius 1 is 1.13 bits per heavy atom. The van der Waals surface area contributed by atoms with Crippen molar-refractivity contribution in [2.75, 3.05) is 0 Å². The van der Waals surface area contributed by atoms with E-state index in [9.17, 15) is 0 Å². The van der Waals surface area contributed by atoms with E-state index in [0.717, 1.165) is 17.8 Å². The third-order valence-corrected chi connectivity index (χ3v) is 3.71. The van der Waals surface area contributed by atoms with Gasteiger partial charge < -0.3 is 0 Å². The minimum Gasteiger partial charge on any atom is -0.103 e. The van der Waals surface area contributed by atoms with Gasteiger partial charge in [0.15, 0.2) is 0 Å². The van der Waals surface area contributed by atoms with Crippen molar-refractivity contribution in [1.82, 2.24) is 0 Å². The SMILES string of the molecule is C=CC1CC(/C=C/C)C(/C=C/C)C1CC. The lowest BCUT2D eigenvalue weighted by molar-refractivity contribution is 0.372. The van der Waals surface area contributed by atoms with Gasteiger partial charge in [0.1, 0.15) is 0 Å². The Balaban J connectivity index is 2.87. The fraction of sp³-hybridized carbons (Fsp3) is 0.600. The van der Waals surface area contributed by atoms with Gasteiger partial charge in [-0.25, -0.2) is 0 Å². The molecule has 4 atom stereocenters. The van der Waals surface area contributed by atoms with Crippen molar-refractivity contribution >= 4 is 0 Å². The summed E-state index contributed by atoms with van der Waals surface area (Å²) in [6.07, 6.45) is 13.9. The van der Waals surface area contributed by atoms with E-state index in [2.05, 4.69) is 57.7 Å². The highest BCUT2D eigenvalue weighted by Gasteiger charge is 2.37. The smallest absolute Gasteiger partial charge is 0.0137 e. The van der Waals surface area contributed by atoms with Gasteiger partial charge >= 0.3 is 0 Å². The molecule has 0 amide bonds. The Labute approximate surface area is 94.8 Å². The second kappa shape index (κ2) is 5.95. The van der Waals surface area contributed by atoms with Crippen molar-refractivity contribution in [3.8, 4) is 0 Å². The first-order chi connectivity index (χ1) is 7.28. The van der Waals surface area contributed by atoms with Gasteiger partial charge in [0, 0.05) is 0 Å². The van der Waals surface area contributed by atoms with Crippen LogP contribution in [0.3, 0.4) is 0 Å². The van der Waals surface area contributed by atoms with Crippen molar-refractivity contribution in [2.24, 2.45) is 23.7 Å². The summed E-state index contributed by atoms with van der Waals surface area (Å²) in [6, 6.07) is 0. The van der Waals surface area contributed by atoms with Crippen LogP contribution in [-0.4, -0.2) is 0 Å². The maximum Gasteiger partial charge on any atom is -0.0137 e. The van der Waals surface area contributed by atoms with Crippen LogP contribution in [0.1, 0.15) is 33.6 Å². The van der Waals surface area contributed by atoms with Gasteiger partial charge in [-0.15, -0.1) is 6.58 Å². The first kappa shape index (κ1) is 12.3. The van der Waals surface area contributed by atoms with E-state index in [1.807, 2.05) is 0 Å². The van der Waals surface area contributed by atoms with Crippen LogP contribution in [-0.2, 0) is 0 Å². The summed E-state index contributed by atoms with van der Waals surface area (Å²) in [5.74, 6) is 2.94. The van der Waals surface area contributed by atoms with Gasteiger partial charge in [-0.1, -0.05) is 43.7 Å². The van der Waals surface area contributed by atoms with Gasteiger partial charge in [0.05, 0.1) is 0 Å². The second-order valence-corrected chi connectivity index (χ2v) is 4.50. The second-order valence-electron chi connectivity index (χ2n) is 4.50. The maximum atomic E-state index is 3.98. The van der Waals surface area contributed by atoms with Crippen molar-refractivity contribution in [2.45, 2.75) is 33.6 Å². The minimum atomic E-state index is 0.706. The van der Waals surface area contributed by atoms with Gasteiger partial charge in [0.2, 0.25) is 0 Å². The van der Waals surface area contributed by atoms with E-state index in [0.29, 0.717) is 5.92 Å². The highest BCUT2D eigenvalue weighted by atomic mass is 14.4. The minimum absolute atomic E-state index is 0.706. The Hall–Kier alpha value is -0.780. The summed E-state index contributed by atoms with van der Waals surface area (Å²) >= 11 is 0. The van der Waals surface area contributed by atoms with Crippen LogP contribution in [0.15, 0.2) is 37.0 Å². The zero-order valence-corrected chi connectivity index (χ0v) is 10.3. The number of hydrogen-bond donors (Lipinski definition) is 0. The van der Waals surface area contributed by atoms with Crippen LogP contribution in [0.4, 0.5) is 0 Å². The monoisotopic (exact) mass is 204 g/mol. The Bertz CT molecular complexity index is 247. The molecule has 1 fully saturated rings. The molecule has 0 radical (unpaired) electrons. The third kappa shape index (κ3) is 2.62. The normalized spacial score (nSPS) is 36.7. The van der Waals surface area contributed by atoms with Crippen molar-refractivity contribution < 1.29 is 0 Å². The van der Waals surface area contributed by atoms with Gasteiger partial charge in [-0.3, -0.25) is 0 Å². The molecule has 1 aliphatic rings. The highest BCUT2D eigenvalue weighted by Crippen LogP contribution is 2.45. The molecule has 0 aliphatic heterocycles. The molecule has 0 spiro atoms. The van der Waals surface area contributed by atoms with E-state index >= 15 is 0 Å². The zero-order valence-electron chi connectivity index (χ0n) is 10.3. The van der Waals surface area contributed by atoms with Crippen molar-refractivity contribution in [3.63, 3.8) is 0 Å². The molecule has 1 saturated carbocycles. The molecule has 1 rings (SSSR count). The molecule has 0 aromatic rings. The third-order valence-electron chi connectivity index (χ3n) is 3.71. The van der Waals surface area contributed by atoms with Crippen molar-refractivity contribution in [3.05, 3.63) is 37.0 Å². The molecule has 0 aromatic heterocycles. The van der Waals surface area contributed by atoms with Crippen LogP contribution in [0, 0.1) is 23.7 Å². The average Bonchev–Trinajstić information content (AvgIpc) is 2.57. The molecule has 0 heteroatoms. The summed E-state index contributed by atoms with van der Waals surface area (Å²) < 4.78 is 0. The summed E-state index contributed by atoms with van der Waals surface area (Å²) in [4.78, 5) is 0. The number of rotatable bonds is 4. The average molecular weight is 204 g/mol. The van der Waals surface area contributed by atoms with Gasteiger partial charge in [0.25, 0.3) is 0 Å². The van der Waals surface area contributed by atoms with Gasteiger partial charge in [-0.2, -0.15) is 0 Å². The fourth-order valence-electron chi connectivity index (χ4n) is 3.06. The molecule has 0 saturated heterocycles. The van der Waals surface area contributed by atoms with Crippen molar-refractivity contribution in [1.29, 1.82) is 0 Å². The summed E-state index contributed by atoms with van der Waals surface area (Å²) in [5, 5.41) is 0. The predicted octanol–water partition coefficient (Wildman–Crippen LogP) is 4.60. The fourth-order valence-corrected chi connectivity index (χ4v) is 3.06. The van der Waals surface area contributed by atoms with Crippen LogP contribution < -0.4 is 0 Å². The lowest BCUT2D eigenvalue weighted by Gasteiger charge is -2.20. The molecule has 0 bridgehead atoms. The summed E-state index contributed by atoms with van der Waals surface area (Å²) in [5.41, 5.74) is 0. The molecular weight excluding hydrogens is 180 g/mol. The quantitative estimate of drug-likeness (QED) is 0.587. The molecule has 0 aromatic carbocycles. The molecule has 4 unspecified atom stereocenters. The molecule has 0 N–H and O–H groups in total. The molecule has 0 heterocycles. The topological polar surface area (TPSA) is 0 Å². The molecular formula is C15H24. The van der Waals surface area contributed by atoms with E-state index in [1.165, 1.54) is 12.8 Å². The largest absolute Gasteiger partial charge is 0.103 e. The van der Waals surface area contributed by atoms with E-state index in [1.54, 1.807) is 0 Å². The van der Waals surface area contributed by atoms with Crippen LogP contribution in [0.2, 0.25) is 0 Å². The Morgan fingerprint density at radius 2 is 1.80 bits per heavy atom. The zero-order chi connectivity index (χ0) is 11.3. The van der Waals surface area contributed by atoms with Crippen LogP contribution in [0.5, 0.6) is 0 Å². The molecule has 84 valence electrons. The lowest BCUT2D eigenvalue weighted by Crippen LogP contribution is -2.13. The molecule has 0 nitrogen and oxygen atoms in total. The molecule has 1 aliphatic carbocycles.